The van der Waals surface area contributed by atoms with Gasteiger partial charge in [-0.05, 0) is 22.5 Å². The Hall–Kier alpha value is -3.18. The molecule has 6 aromatic rings. The number of hydrogen-bond acceptors (Lipinski definition) is 4. The van der Waals surface area contributed by atoms with Crippen LogP contribution in [0, 0.1) is 0 Å². The van der Waals surface area contributed by atoms with E-state index in [1.54, 1.807) is 0 Å². The Bertz CT molecular complexity index is 1950. The number of benzene rings is 6. The monoisotopic (exact) mass is 712 g/mol. The topological polar surface area (TPSA) is 49.4 Å². The molecular formula is C36H30Cl2N4P4. The normalized spacial score (nSPS) is 21.6. The minimum atomic E-state index is -3.25. The lowest BCUT2D eigenvalue weighted by Crippen LogP contribution is -2.19. The summed E-state index contributed by atoms with van der Waals surface area (Å²) in [6, 6.07) is 61.0. The number of hydrogen-bond donors (Lipinski definition) is 0. The van der Waals surface area contributed by atoms with Gasteiger partial charge >= 0.3 is 0 Å². The fourth-order valence-electron chi connectivity index (χ4n) is 5.45. The molecule has 0 fully saturated rings. The quantitative estimate of drug-likeness (QED) is 0.154. The van der Waals surface area contributed by atoms with Gasteiger partial charge in [0.05, 0.1) is 0 Å². The summed E-state index contributed by atoms with van der Waals surface area (Å²) in [5, 5.41) is 5.54. The Morgan fingerprint density at radius 1 is 0.261 bits per heavy atom. The van der Waals surface area contributed by atoms with Crippen molar-refractivity contribution >= 4 is 81.8 Å². The van der Waals surface area contributed by atoms with Crippen molar-refractivity contribution in [1.29, 1.82) is 0 Å². The maximum Gasteiger partial charge on any atom is 0.194 e. The van der Waals surface area contributed by atoms with Crippen molar-refractivity contribution in [2.75, 3.05) is 0 Å². The van der Waals surface area contributed by atoms with Crippen LogP contribution in [0.2, 0.25) is 0 Å². The highest BCUT2D eigenvalue weighted by atomic mass is 35.7. The molecule has 10 heteroatoms. The second-order valence-corrected chi connectivity index (χ2v) is 23.9. The molecule has 1 aliphatic heterocycles. The van der Waals surface area contributed by atoms with E-state index in [0.29, 0.717) is 0 Å². The summed E-state index contributed by atoms with van der Waals surface area (Å²) in [5.41, 5.74) is 0. The van der Waals surface area contributed by atoms with Crippen LogP contribution in [0.1, 0.15) is 0 Å². The molecule has 228 valence electrons. The first-order chi connectivity index (χ1) is 22.5. The van der Waals surface area contributed by atoms with Crippen molar-refractivity contribution in [3.8, 4) is 0 Å². The summed E-state index contributed by atoms with van der Waals surface area (Å²) in [6.45, 7) is -6.49. The summed E-state index contributed by atoms with van der Waals surface area (Å²) in [7, 11) is -6.13. The van der Waals surface area contributed by atoms with Crippen molar-refractivity contribution in [2.45, 2.75) is 0 Å². The molecule has 7 rings (SSSR count). The molecule has 0 amide bonds. The molecule has 6 aromatic carbocycles. The van der Waals surface area contributed by atoms with E-state index < -0.39 is 27.5 Å². The van der Waals surface area contributed by atoms with Crippen LogP contribution >= 0.6 is 50.0 Å². The third kappa shape index (κ3) is 5.89. The molecule has 1 heterocycles. The lowest BCUT2D eigenvalue weighted by Gasteiger charge is -2.34. The molecule has 46 heavy (non-hydrogen) atoms. The molecular weight excluding hydrogens is 683 g/mol. The fourth-order valence-corrected chi connectivity index (χ4v) is 26.0. The highest BCUT2D eigenvalue weighted by Gasteiger charge is 2.40. The predicted molar refractivity (Wildman–Crippen MR) is 206 cm³/mol. The summed E-state index contributed by atoms with van der Waals surface area (Å²) in [6.07, 6.45) is 0. The van der Waals surface area contributed by atoms with Gasteiger partial charge in [-0.15, -0.1) is 0 Å². The maximum absolute atomic E-state index is 8.07. The number of nitrogens with zero attached hydrogens (tertiary/aromatic N) is 4. The van der Waals surface area contributed by atoms with Crippen LogP contribution < -0.4 is 31.8 Å². The van der Waals surface area contributed by atoms with E-state index in [9.17, 15) is 0 Å². The Balaban J connectivity index is 1.78. The first-order valence-electron chi connectivity index (χ1n) is 14.7. The third-order valence-corrected chi connectivity index (χ3v) is 25.1. The van der Waals surface area contributed by atoms with Crippen LogP contribution in [-0.2, 0) is 0 Å². The molecule has 2 atom stereocenters. The van der Waals surface area contributed by atoms with Gasteiger partial charge < -0.3 is 0 Å². The smallest absolute Gasteiger partial charge is 0.194 e. The highest BCUT2D eigenvalue weighted by molar-refractivity contribution is 8.09. The van der Waals surface area contributed by atoms with E-state index in [0.717, 1.165) is 31.8 Å². The third-order valence-electron chi connectivity index (χ3n) is 7.63. The van der Waals surface area contributed by atoms with Crippen molar-refractivity contribution < 1.29 is 0 Å². The zero-order valence-corrected chi connectivity index (χ0v) is 29.7. The van der Waals surface area contributed by atoms with Gasteiger partial charge in [-0.3, -0.25) is 0 Å². The Morgan fingerprint density at radius 2 is 0.457 bits per heavy atom. The van der Waals surface area contributed by atoms with E-state index in [2.05, 4.69) is 48.5 Å². The lowest BCUT2D eigenvalue weighted by molar-refractivity contribution is 1.64. The lowest BCUT2D eigenvalue weighted by atomic mass is 10.4. The number of rotatable bonds is 6. The minimum absolute atomic E-state index is 0.856. The molecule has 0 aromatic heterocycles. The average molecular weight is 713 g/mol. The van der Waals surface area contributed by atoms with E-state index in [1.165, 1.54) is 0 Å². The Labute approximate surface area is 280 Å². The summed E-state index contributed by atoms with van der Waals surface area (Å²) in [4.78, 5) is 0. The average Bonchev–Trinajstić information content (AvgIpc) is 3.13. The van der Waals surface area contributed by atoms with Crippen LogP contribution in [0.15, 0.2) is 200 Å². The van der Waals surface area contributed by atoms with Gasteiger partial charge in [-0.2, -0.15) is 0 Å². The molecule has 0 saturated heterocycles. The van der Waals surface area contributed by atoms with E-state index in [-0.39, 0.29) is 0 Å². The van der Waals surface area contributed by atoms with Crippen molar-refractivity contribution in [3.63, 3.8) is 0 Å². The van der Waals surface area contributed by atoms with Crippen molar-refractivity contribution in [3.05, 3.63) is 182 Å². The molecule has 0 radical (unpaired) electrons. The van der Waals surface area contributed by atoms with Gasteiger partial charge in [0.2, 0.25) is 0 Å². The van der Waals surface area contributed by atoms with Crippen LogP contribution in [0.25, 0.3) is 0 Å². The molecule has 0 spiro atoms. The molecule has 0 N–H and O–H groups in total. The Morgan fingerprint density at radius 3 is 0.674 bits per heavy atom. The summed E-state index contributed by atoms with van der Waals surface area (Å²) in [5.74, 6) is 0. The number of halogens is 2. The molecule has 1 aliphatic rings. The SMILES string of the molecule is ClP1(c2ccccc2)=NP(c2ccccc2)(c2ccccc2)=NP(Cl)(c2ccccc2)=NP(c2ccccc2)(c2ccccc2)=N1. The van der Waals surface area contributed by atoms with Gasteiger partial charge in [-0.25, -0.2) is 18.1 Å². The summed E-state index contributed by atoms with van der Waals surface area (Å²) < 4.78 is 23.4. The first kappa shape index (κ1) is 31.4. The van der Waals surface area contributed by atoms with Crippen LogP contribution in [0.5, 0.6) is 0 Å². The van der Waals surface area contributed by atoms with E-state index in [4.69, 9.17) is 40.5 Å². The van der Waals surface area contributed by atoms with E-state index in [1.807, 2.05) is 133 Å². The molecule has 4 nitrogen and oxygen atoms in total. The van der Waals surface area contributed by atoms with Gasteiger partial charge in [0.15, 0.2) is 13.1 Å². The highest BCUT2D eigenvalue weighted by Crippen LogP contribution is 2.79. The second-order valence-electron chi connectivity index (χ2n) is 10.6. The van der Waals surface area contributed by atoms with Crippen molar-refractivity contribution in [1.82, 2.24) is 0 Å². The largest absolute Gasteiger partial charge is 0.213 e. The van der Waals surface area contributed by atoms with Gasteiger partial charge in [-0.1, -0.05) is 182 Å². The Kier molecular flexibility index (Phi) is 8.98. The summed E-state index contributed by atoms with van der Waals surface area (Å²) >= 11 is 16.1. The zero-order valence-electron chi connectivity index (χ0n) is 24.7. The zero-order chi connectivity index (χ0) is 31.5. The van der Waals surface area contributed by atoms with Gasteiger partial charge in [0.25, 0.3) is 0 Å². The standard InChI is InChI=1S/C36H30Cl2N4P4/c37-45(35-27-15-5-16-28-35)39-43(31-19-7-1-8-20-31,32-21-9-2-10-22-32)40-46(38,36-29-17-6-18-30-36)42-44(41-45,33-23-11-3-12-24-33)34-25-13-4-14-26-34/h1-30H. The van der Waals surface area contributed by atoms with Crippen LogP contribution in [-0.4, -0.2) is 0 Å². The van der Waals surface area contributed by atoms with Crippen LogP contribution in [0.4, 0.5) is 0 Å². The first-order valence-corrected chi connectivity index (χ1v) is 23.3. The maximum atomic E-state index is 8.07. The second kappa shape index (κ2) is 13.1. The van der Waals surface area contributed by atoms with Crippen molar-refractivity contribution in [2.24, 2.45) is 18.1 Å². The molecule has 2 unspecified atom stereocenters. The molecule has 0 aliphatic carbocycles. The molecule has 0 saturated carbocycles. The predicted octanol–water partition coefficient (Wildman–Crippen LogP) is 10.7. The van der Waals surface area contributed by atoms with Gasteiger partial charge in [0, 0.05) is 31.8 Å². The van der Waals surface area contributed by atoms with E-state index >= 15 is 0 Å². The van der Waals surface area contributed by atoms with Gasteiger partial charge in [0.1, 0.15) is 14.4 Å². The fraction of sp³-hybridized carbons (Fsp3) is 0. The van der Waals surface area contributed by atoms with Crippen LogP contribution in [0.3, 0.4) is 0 Å². The minimum Gasteiger partial charge on any atom is -0.213 e. The molecule has 0 bridgehead atoms.